The molecular weight excluding hydrogens is 600 g/mol. The second kappa shape index (κ2) is 13.7. The first-order chi connectivity index (χ1) is 21.8. The lowest BCUT2D eigenvalue weighted by molar-refractivity contribution is -0.144. The summed E-state index contributed by atoms with van der Waals surface area (Å²) in [5.41, 5.74) is 3.09. The predicted octanol–water partition coefficient (Wildman–Crippen LogP) is 3.02. The number of piperidine rings is 1. The number of carbonyl (C=O) groups is 6. The Labute approximate surface area is 280 Å². The molecule has 0 aromatic rings. The average molecular weight is 659 g/mol. The minimum atomic E-state index is -1.31. The number of likely N-dealkylation sites (tertiary alicyclic amines) is 2. The highest BCUT2D eigenvalue weighted by atomic mass is 16.2. The molecule has 2 saturated heterocycles. The standard InChI is InChI=1S/C35H58N6O6/c1-8-22-19-35(22,27(43)28(36)44)39-29(45)23-13-12-17-41(23)30(46)26(34(7)14-10-9-11-15-34)38-31(47)37-24(32(2,3)4)21-40-18-16-33(5,6)20-25(40)42/h22-24,26H,8-21H2,1-7H3,(H2,36,44)(H,39,45)(H2,37,38,47)/t22-,23+,24-,26-,35+/m1/s1. The van der Waals surface area contributed by atoms with Gasteiger partial charge >= 0.3 is 6.03 Å². The molecule has 4 fully saturated rings. The maximum Gasteiger partial charge on any atom is 0.315 e. The van der Waals surface area contributed by atoms with Gasteiger partial charge in [0.05, 0.1) is 6.04 Å². The number of urea groups is 1. The Morgan fingerprint density at radius 1 is 0.957 bits per heavy atom. The molecule has 5 atom stereocenters. The third-order valence-electron chi connectivity index (χ3n) is 11.4. The summed E-state index contributed by atoms with van der Waals surface area (Å²) in [4.78, 5) is 82.8. The molecule has 47 heavy (non-hydrogen) atoms. The average Bonchev–Trinajstić information content (AvgIpc) is 3.45. The highest BCUT2D eigenvalue weighted by molar-refractivity contribution is 6.40. The van der Waals surface area contributed by atoms with Crippen molar-refractivity contribution in [1.29, 1.82) is 0 Å². The minimum Gasteiger partial charge on any atom is -0.363 e. The van der Waals surface area contributed by atoms with Gasteiger partial charge in [-0.25, -0.2) is 4.79 Å². The monoisotopic (exact) mass is 658 g/mol. The van der Waals surface area contributed by atoms with E-state index in [2.05, 4.69) is 29.8 Å². The summed E-state index contributed by atoms with van der Waals surface area (Å²) in [7, 11) is 0. The number of rotatable bonds is 11. The van der Waals surface area contributed by atoms with Crippen molar-refractivity contribution in [3.63, 3.8) is 0 Å². The van der Waals surface area contributed by atoms with Crippen molar-refractivity contribution in [1.82, 2.24) is 25.8 Å². The molecule has 264 valence electrons. The lowest BCUT2D eigenvalue weighted by Gasteiger charge is -2.43. The fourth-order valence-electron chi connectivity index (χ4n) is 7.94. The van der Waals surface area contributed by atoms with E-state index in [1.165, 1.54) is 0 Å². The number of nitrogens with two attached hydrogens (primary N) is 1. The van der Waals surface area contributed by atoms with Crippen molar-refractivity contribution in [2.24, 2.45) is 27.9 Å². The van der Waals surface area contributed by atoms with Gasteiger partial charge in [0.25, 0.3) is 5.91 Å². The van der Waals surface area contributed by atoms with E-state index in [1.54, 1.807) is 4.90 Å². The zero-order chi connectivity index (χ0) is 34.9. The highest BCUT2D eigenvalue weighted by Crippen LogP contribution is 2.47. The van der Waals surface area contributed by atoms with Crippen LogP contribution in [0.25, 0.3) is 0 Å². The SMILES string of the molecule is CC[C@@H]1C[C@@]1(NC(=O)[C@@H]1CCCN1C(=O)[C@@H](NC(=O)N[C@H](CN1CCC(C)(C)CC1=O)C(C)(C)C)C1(C)CCCCC1)C(=O)C(N)=O. The predicted molar refractivity (Wildman–Crippen MR) is 178 cm³/mol. The van der Waals surface area contributed by atoms with Crippen LogP contribution in [0.4, 0.5) is 4.79 Å². The number of hydrogen-bond acceptors (Lipinski definition) is 6. The molecule has 0 radical (unpaired) electrons. The largest absolute Gasteiger partial charge is 0.363 e. The molecule has 0 aromatic carbocycles. The maximum atomic E-state index is 14.5. The third-order valence-corrected chi connectivity index (χ3v) is 11.4. The van der Waals surface area contributed by atoms with E-state index in [0.29, 0.717) is 51.7 Å². The van der Waals surface area contributed by atoms with Crippen molar-refractivity contribution < 1.29 is 28.8 Å². The van der Waals surface area contributed by atoms with Crippen molar-refractivity contribution >= 4 is 35.4 Å². The van der Waals surface area contributed by atoms with Crippen LogP contribution in [-0.4, -0.2) is 88.5 Å². The Morgan fingerprint density at radius 3 is 2.17 bits per heavy atom. The number of Topliss-reactive ketones (excluding diaryl/α,β-unsaturated/α-hetero) is 1. The summed E-state index contributed by atoms with van der Waals surface area (Å²) in [5, 5.41) is 8.98. The molecule has 4 rings (SSSR count). The first kappa shape index (κ1) is 36.7. The molecule has 0 aromatic heterocycles. The van der Waals surface area contributed by atoms with Crippen molar-refractivity contribution in [3.8, 4) is 0 Å². The number of ketones is 1. The maximum absolute atomic E-state index is 14.5. The molecule has 12 nitrogen and oxygen atoms in total. The van der Waals surface area contributed by atoms with E-state index in [4.69, 9.17) is 5.73 Å². The zero-order valence-corrected chi connectivity index (χ0v) is 29.6. The first-order valence-corrected chi connectivity index (χ1v) is 17.6. The fourth-order valence-corrected chi connectivity index (χ4v) is 7.94. The van der Waals surface area contributed by atoms with E-state index < -0.39 is 46.7 Å². The van der Waals surface area contributed by atoms with Gasteiger partial charge in [0.15, 0.2) is 0 Å². The van der Waals surface area contributed by atoms with Crippen LogP contribution >= 0.6 is 0 Å². The van der Waals surface area contributed by atoms with Crippen molar-refractivity contribution in [2.45, 2.75) is 143 Å². The highest BCUT2D eigenvalue weighted by Gasteiger charge is 2.62. The van der Waals surface area contributed by atoms with Gasteiger partial charge in [-0.2, -0.15) is 0 Å². The van der Waals surface area contributed by atoms with Gasteiger partial charge in [-0.3, -0.25) is 24.0 Å². The van der Waals surface area contributed by atoms with Crippen LogP contribution in [0.5, 0.6) is 0 Å². The van der Waals surface area contributed by atoms with Gasteiger partial charge in [-0.15, -0.1) is 0 Å². The molecule has 2 heterocycles. The smallest absolute Gasteiger partial charge is 0.315 e. The second-order valence-electron chi connectivity index (χ2n) is 16.8. The van der Waals surface area contributed by atoms with Crippen LogP contribution < -0.4 is 21.7 Å². The first-order valence-electron chi connectivity index (χ1n) is 17.6. The molecule has 2 aliphatic heterocycles. The van der Waals surface area contributed by atoms with Gasteiger partial charge in [0, 0.05) is 26.1 Å². The van der Waals surface area contributed by atoms with Gasteiger partial charge < -0.3 is 31.5 Å². The molecule has 5 N–H and O–H groups in total. The number of primary amides is 1. The van der Waals surface area contributed by atoms with Crippen LogP contribution in [0, 0.1) is 22.2 Å². The summed E-state index contributed by atoms with van der Waals surface area (Å²) in [5.74, 6) is -2.78. The van der Waals surface area contributed by atoms with Crippen LogP contribution in [0.3, 0.4) is 0 Å². The number of nitrogens with zero attached hydrogens (tertiary/aromatic N) is 2. The Morgan fingerprint density at radius 2 is 1.62 bits per heavy atom. The number of amides is 6. The third kappa shape index (κ3) is 8.11. The van der Waals surface area contributed by atoms with Gasteiger partial charge in [-0.05, 0) is 60.7 Å². The summed E-state index contributed by atoms with van der Waals surface area (Å²) >= 11 is 0. The minimum absolute atomic E-state index is 0.0443. The number of carbonyl (C=O) groups excluding carboxylic acids is 6. The Bertz CT molecular complexity index is 1250. The summed E-state index contributed by atoms with van der Waals surface area (Å²) in [6, 6.07) is -2.54. The molecular formula is C35H58N6O6. The number of nitrogens with one attached hydrogen (secondary N) is 3. The molecule has 12 heteroatoms. The molecule has 2 saturated carbocycles. The summed E-state index contributed by atoms with van der Waals surface area (Å²) < 4.78 is 0. The van der Waals surface area contributed by atoms with Crippen LogP contribution in [0.15, 0.2) is 0 Å². The topological polar surface area (TPSA) is 171 Å². The Balaban J connectivity index is 1.52. The van der Waals surface area contributed by atoms with Crippen molar-refractivity contribution in [3.05, 3.63) is 0 Å². The van der Waals surface area contributed by atoms with Crippen LogP contribution in [0.2, 0.25) is 0 Å². The van der Waals surface area contributed by atoms with Crippen LogP contribution in [0.1, 0.15) is 119 Å². The van der Waals surface area contributed by atoms with Gasteiger partial charge in [0.2, 0.25) is 23.5 Å². The van der Waals surface area contributed by atoms with E-state index in [-0.39, 0.29) is 34.6 Å². The lowest BCUT2D eigenvalue weighted by atomic mass is 9.70. The molecule has 0 spiro atoms. The fraction of sp³-hybridized carbons (Fsp3) is 0.829. The zero-order valence-electron chi connectivity index (χ0n) is 29.6. The van der Waals surface area contributed by atoms with E-state index >= 15 is 0 Å². The van der Waals surface area contributed by atoms with Crippen molar-refractivity contribution in [2.75, 3.05) is 19.6 Å². The molecule has 4 aliphatic rings. The number of hydrogen-bond donors (Lipinski definition) is 4. The molecule has 0 bridgehead atoms. The second-order valence-corrected chi connectivity index (χ2v) is 16.8. The van der Waals surface area contributed by atoms with E-state index in [0.717, 1.165) is 38.5 Å². The normalized spacial score (nSPS) is 28.2. The van der Waals surface area contributed by atoms with E-state index in [1.807, 2.05) is 39.5 Å². The molecule has 2 aliphatic carbocycles. The van der Waals surface area contributed by atoms with Crippen LogP contribution in [-0.2, 0) is 24.0 Å². The summed E-state index contributed by atoms with van der Waals surface area (Å²) in [6.45, 7) is 15.5. The van der Waals surface area contributed by atoms with E-state index in [9.17, 15) is 28.8 Å². The Hall–Kier alpha value is -3.18. The lowest BCUT2D eigenvalue weighted by Crippen LogP contribution is -2.63. The Kier molecular flexibility index (Phi) is 10.7. The molecule has 0 unspecified atom stereocenters. The summed E-state index contributed by atoms with van der Waals surface area (Å²) in [6.07, 6.45) is 7.74. The quantitative estimate of drug-likeness (QED) is 0.249. The van der Waals surface area contributed by atoms with Gasteiger partial charge in [-0.1, -0.05) is 74.1 Å². The van der Waals surface area contributed by atoms with Gasteiger partial charge in [0.1, 0.15) is 17.6 Å². The molecule has 6 amide bonds.